The van der Waals surface area contributed by atoms with Crippen LogP contribution >= 0.6 is 0 Å². The van der Waals surface area contributed by atoms with Crippen LogP contribution < -0.4 is 19.5 Å². The lowest BCUT2D eigenvalue weighted by Gasteiger charge is -2.34. The lowest BCUT2D eigenvalue weighted by molar-refractivity contribution is 0.0940. The van der Waals surface area contributed by atoms with Crippen LogP contribution in [0, 0.1) is 0 Å². The molecule has 2 aliphatic rings. The second-order valence-corrected chi connectivity index (χ2v) is 10.3. The lowest BCUT2D eigenvalue weighted by atomic mass is 10.2. The average molecular weight is 476 g/mol. The van der Waals surface area contributed by atoms with Crippen LogP contribution in [0.5, 0.6) is 17.2 Å². The molecule has 2 heterocycles. The maximum atomic E-state index is 13.3. The molecule has 0 unspecified atom stereocenters. The third kappa shape index (κ3) is 5.07. The first-order valence-corrected chi connectivity index (χ1v) is 12.3. The number of hydrogen-bond donors (Lipinski definition) is 1. The Morgan fingerprint density at radius 1 is 1.06 bits per heavy atom. The van der Waals surface area contributed by atoms with Crippen LogP contribution in [-0.2, 0) is 16.6 Å². The number of fused-ring (bicyclic) bond motifs is 1. The van der Waals surface area contributed by atoms with Crippen molar-refractivity contribution in [2.45, 2.75) is 31.3 Å². The Morgan fingerprint density at radius 3 is 2.48 bits per heavy atom. The summed E-state index contributed by atoms with van der Waals surface area (Å²) in [5.74, 6) is 1.45. The molecule has 2 aliphatic heterocycles. The summed E-state index contributed by atoms with van der Waals surface area (Å²) in [6, 6.07) is 10.2. The first-order valence-electron chi connectivity index (χ1n) is 10.9. The standard InChI is InChI=1S/C23H29N3O6S/c1-16(2)24-23(27)19-13-18(5-7-20(19)30-3)33(28,29)26-10-8-25(9-11-26)14-17-4-6-21-22(12-17)32-15-31-21/h4-7,12-13,16H,8-11,14-15H2,1-3H3,(H,24,27). The molecule has 0 bridgehead atoms. The smallest absolute Gasteiger partial charge is 0.255 e. The molecule has 4 rings (SSSR count). The van der Waals surface area contributed by atoms with Gasteiger partial charge in [-0.15, -0.1) is 0 Å². The SMILES string of the molecule is COc1ccc(S(=O)(=O)N2CCN(Cc3ccc4c(c3)OCO4)CC2)cc1C(=O)NC(C)C. The zero-order chi connectivity index (χ0) is 23.6. The fraction of sp³-hybridized carbons (Fsp3) is 0.435. The maximum Gasteiger partial charge on any atom is 0.255 e. The van der Waals surface area contributed by atoms with Crippen molar-refractivity contribution in [2.75, 3.05) is 40.1 Å². The summed E-state index contributed by atoms with van der Waals surface area (Å²) in [6.07, 6.45) is 0. The van der Waals surface area contributed by atoms with E-state index >= 15 is 0 Å². The first-order chi connectivity index (χ1) is 15.8. The molecule has 0 aliphatic carbocycles. The number of hydrogen-bond acceptors (Lipinski definition) is 7. The number of benzene rings is 2. The monoisotopic (exact) mass is 475 g/mol. The number of carbonyl (C=O) groups is 1. The van der Waals surface area contributed by atoms with Crippen LogP contribution in [-0.4, -0.2) is 69.7 Å². The lowest BCUT2D eigenvalue weighted by Crippen LogP contribution is -2.48. The third-order valence-corrected chi connectivity index (χ3v) is 7.54. The highest BCUT2D eigenvalue weighted by molar-refractivity contribution is 7.89. The molecule has 1 amide bonds. The van der Waals surface area contributed by atoms with Gasteiger partial charge in [0, 0.05) is 38.8 Å². The summed E-state index contributed by atoms with van der Waals surface area (Å²) >= 11 is 0. The van der Waals surface area contributed by atoms with E-state index in [1.807, 2.05) is 32.0 Å². The Balaban J connectivity index is 1.44. The Bertz CT molecular complexity index is 1130. The molecule has 2 aromatic carbocycles. The van der Waals surface area contributed by atoms with Gasteiger partial charge < -0.3 is 19.5 Å². The second-order valence-electron chi connectivity index (χ2n) is 8.36. The summed E-state index contributed by atoms with van der Waals surface area (Å²) in [7, 11) is -2.29. The minimum atomic E-state index is -3.74. The number of nitrogens with one attached hydrogen (secondary N) is 1. The van der Waals surface area contributed by atoms with E-state index in [0.29, 0.717) is 38.5 Å². The van der Waals surface area contributed by atoms with Gasteiger partial charge in [0.1, 0.15) is 5.75 Å². The minimum Gasteiger partial charge on any atom is -0.496 e. The molecule has 9 nitrogen and oxygen atoms in total. The zero-order valence-corrected chi connectivity index (χ0v) is 19.9. The molecule has 178 valence electrons. The fourth-order valence-electron chi connectivity index (χ4n) is 3.94. The fourth-order valence-corrected chi connectivity index (χ4v) is 5.39. The molecular weight excluding hydrogens is 446 g/mol. The predicted octanol–water partition coefficient (Wildman–Crippen LogP) is 2.07. The Morgan fingerprint density at radius 2 is 1.79 bits per heavy atom. The topological polar surface area (TPSA) is 97.4 Å². The number of amides is 1. The normalized spacial score (nSPS) is 16.7. The van der Waals surface area contributed by atoms with Crippen molar-refractivity contribution in [2.24, 2.45) is 0 Å². The van der Waals surface area contributed by atoms with Gasteiger partial charge in [-0.1, -0.05) is 6.07 Å². The number of methoxy groups -OCH3 is 1. The van der Waals surface area contributed by atoms with Crippen molar-refractivity contribution < 1.29 is 27.4 Å². The molecule has 1 fully saturated rings. The number of carbonyl (C=O) groups excluding carboxylic acids is 1. The van der Waals surface area contributed by atoms with Crippen molar-refractivity contribution in [3.8, 4) is 17.2 Å². The van der Waals surface area contributed by atoms with Crippen molar-refractivity contribution in [1.29, 1.82) is 0 Å². The molecule has 0 spiro atoms. The van der Waals surface area contributed by atoms with Crippen LogP contribution in [0.1, 0.15) is 29.8 Å². The molecule has 1 saturated heterocycles. The van der Waals surface area contributed by atoms with Crippen molar-refractivity contribution in [3.05, 3.63) is 47.5 Å². The van der Waals surface area contributed by atoms with Gasteiger partial charge in [0.15, 0.2) is 11.5 Å². The Labute approximate surface area is 194 Å². The van der Waals surface area contributed by atoms with E-state index in [1.165, 1.54) is 29.6 Å². The van der Waals surface area contributed by atoms with Crippen molar-refractivity contribution >= 4 is 15.9 Å². The van der Waals surface area contributed by atoms with E-state index in [2.05, 4.69) is 10.2 Å². The van der Waals surface area contributed by atoms with Gasteiger partial charge in [-0.25, -0.2) is 8.42 Å². The minimum absolute atomic E-state index is 0.0830. The Kier molecular flexibility index (Phi) is 6.78. The van der Waals surface area contributed by atoms with Crippen molar-refractivity contribution in [1.82, 2.24) is 14.5 Å². The summed E-state index contributed by atoms with van der Waals surface area (Å²) in [5, 5.41) is 2.79. The number of nitrogens with zero attached hydrogens (tertiary/aromatic N) is 2. The van der Waals surface area contributed by atoms with E-state index in [9.17, 15) is 13.2 Å². The number of piperazine rings is 1. The van der Waals surface area contributed by atoms with Gasteiger partial charge >= 0.3 is 0 Å². The van der Waals surface area contributed by atoms with Crippen LogP contribution in [0.4, 0.5) is 0 Å². The average Bonchev–Trinajstić information content (AvgIpc) is 3.26. The predicted molar refractivity (Wildman–Crippen MR) is 122 cm³/mol. The molecule has 10 heteroatoms. The molecule has 0 atom stereocenters. The van der Waals surface area contributed by atoms with Crippen molar-refractivity contribution in [3.63, 3.8) is 0 Å². The van der Waals surface area contributed by atoms with Crippen LogP contribution in [0.2, 0.25) is 0 Å². The molecule has 0 aromatic heterocycles. The van der Waals surface area contributed by atoms with Gasteiger partial charge in [-0.2, -0.15) is 4.31 Å². The quantitative estimate of drug-likeness (QED) is 0.655. The number of rotatable bonds is 7. The number of sulfonamides is 1. The van der Waals surface area contributed by atoms with E-state index in [-0.39, 0.29) is 29.2 Å². The van der Waals surface area contributed by atoms with Gasteiger partial charge in [0.05, 0.1) is 17.6 Å². The van der Waals surface area contributed by atoms with Crippen LogP contribution in [0.25, 0.3) is 0 Å². The molecule has 0 radical (unpaired) electrons. The van der Waals surface area contributed by atoms with Gasteiger partial charge in [0.2, 0.25) is 16.8 Å². The van der Waals surface area contributed by atoms with Crippen LogP contribution in [0.3, 0.4) is 0 Å². The number of ether oxygens (including phenoxy) is 3. The van der Waals surface area contributed by atoms with Gasteiger partial charge in [0.25, 0.3) is 5.91 Å². The summed E-state index contributed by atoms with van der Waals surface area (Å²) in [6.45, 7) is 6.56. The van der Waals surface area contributed by atoms with E-state index in [0.717, 1.165) is 17.1 Å². The third-order valence-electron chi connectivity index (χ3n) is 5.65. The van der Waals surface area contributed by atoms with E-state index in [4.69, 9.17) is 14.2 Å². The second kappa shape index (κ2) is 9.58. The maximum absolute atomic E-state index is 13.3. The van der Waals surface area contributed by atoms with E-state index in [1.54, 1.807) is 0 Å². The molecule has 2 aromatic rings. The first kappa shape index (κ1) is 23.3. The summed E-state index contributed by atoms with van der Waals surface area (Å²) in [4.78, 5) is 14.8. The summed E-state index contributed by atoms with van der Waals surface area (Å²) in [5.41, 5.74) is 1.29. The largest absolute Gasteiger partial charge is 0.496 e. The van der Waals surface area contributed by atoms with E-state index < -0.39 is 10.0 Å². The highest BCUT2D eigenvalue weighted by Crippen LogP contribution is 2.33. The molecule has 1 N–H and O–H groups in total. The molecular formula is C23H29N3O6S. The summed E-state index contributed by atoms with van der Waals surface area (Å²) < 4.78 is 44.1. The zero-order valence-electron chi connectivity index (χ0n) is 19.0. The van der Waals surface area contributed by atoms with Gasteiger partial charge in [-0.3, -0.25) is 9.69 Å². The molecule has 0 saturated carbocycles. The molecule has 33 heavy (non-hydrogen) atoms. The Hall–Kier alpha value is -2.82. The highest BCUT2D eigenvalue weighted by atomic mass is 32.2. The van der Waals surface area contributed by atoms with Gasteiger partial charge in [-0.05, 0) is 49.7 Å². The van der Waals surface area contributed by atoms with Crippen LogP contribution in [0.15, 0.2) is 41.3 Å². The highest BCUT2D eigenvalue weighted by Gasteiger charge is 2.30.